The molecule has 24 heavy (non-hydrogen) atoms. The van der Waals surface area contributed by atoms with Crippen molar-refractivity contribution in [2.24, 2.45) is 0 Å². The maximum absolute atomic E-state index is 5.66. The Hall–Kier alpha value is -2.80. The van der Waals surface area contributed by atoms with E-state index in [1.54, 1.807) is 7.11 Å². The Labute approximate surface area is 141 Å². The molecule has 0 spiro atoms. The molecular weight excluding hydrogens is 326 g/mol. The first-order valence-electron chi connectivity index (χ1n) is 7.27. The molecule has 4 rings (SSSR count). The van der Waals surface area contributed by atoms with Gasteiger partial charge in [-0.3, -0.25) is 0 Å². The van der Waals surface area contributed by atoms with E-state index < -0.39 is 0 Å². The minimum absolute atomic E-state index is 0.478. The van der Waals surface area contributed by atoms with Gasteiger partial charge >= 0.3 is 0 Å². The van der Waals surface area contributed by atoms with E-state index in [2.05, 4.69) is 15.1 Å². The molecule has 4 aromatic rings. The Morgan fingerprint density at radius 3 is 2.67 bits per heavy atom. The van der Waals surface area contributed by atoms with Crippen LogP contribution in [0.25, 0.3) is 22.6 Å². The number of nitrogens with zero attached hydrogens (tertiary/aromatic N) is 3. The largest absolute Gasteiger partial charge is 0.497 e. The quantitative estimate of drug-likeness (QED) is 0.505. The Bertz CT molecular complexity index is 930. The van der Waals surface area contributed by atoms with Gasteiger partial charge in [0.1, 0.15) is 11.3 Å². The second-order valence-electron chi connectivity index (χ2n) is 4.98. The second-order valence-corrected chi connectivity index (χ2v) is 5.91. The van der Waals surface area contributed by atoms with Gasteiger partial charge in [0.25, 0.3) is 11.1 Å². The number of rotatable bonds is 5. The van der Waals surface area contributed by atoms with Crippen molar-refractivity contribution in [2.45, 2.75) is 11.0 Å². The summed E-state index contributed by atoms with van der Waals surface area (Å²) in [6.07, 6.45) is 0. The molecular formula is C17H13N3O3S. The molecule has 0 aliphatic carbocycles. The Balaban J connectivity index is 1.46. The van der Waals surface area contributed by atoms with Crippen molar-refractivity contribution in [1.82, 2.24) is 15.1 Å². The van der Waals surface area contributed by atoms with E-state index in [9.17, 15) is 0 Å². The summed E-state index contributed by atoms with van der Waals surface area (Å²) in [7, 11) is 1.63. The lowest BCUT2D eigenvalue weighted by atomic mass is 10.2. The van der Waals surface area contributed by atoms with E-state index in [-0.39, 0.29) is 0 Å². The molecule has 0 aliphatic heterocycles. The van der Waals surface area contributed by atoms with Crippen LogP contribution in [0.3, 0.4) is 0 Å². The van der Waals surface area contributed by atoms with Crippen LogP contribution in [0.15, 0.2) is 62.7 Å². The third-order valence-electron chi connectivity index (χ3n) is 3.40. The average Bonchev–Trinajstić information content (AvgIpc) is 3.26. The predicted molar refractivity (Wildman–Crippen MR) is 89.9 cm³/mol. The van der Waals surface area contributed by atoms with Crippen LogP contribution >= 0.6 is 11.8 Å². The average molecular weight is 339 g/mol. The van der Waals surface area contributed by atoms with Gasteiger partial charge in [-0.1, -0.05) is 29.1 Å². The van der Waals surface area contributed by atoms with Gasteiger partial charge in [-0.2, -0.15) is 4.98 Å². The molecule has 0 aliphatic rings. The fourth-order valence-corrected chi connectivity index (χ4v) is 2.88. The summed E-state index contributed by atoms with van der Waals surface area (Å²) in [4.78, 5) is 8.80. The van der Waals surface area contributed by atoms with Crippen LogP contribution in [0.2, 0.25) is 0 Å². The monoisotopic (exact) mass is 339 g/mol. The van der Waals surface area contributed by atoms with Crippen LogP contribution in [0.5, 0.6) is 5.75 Å². The first-order valence-corrected chi connectivity index (χ1v) is 8.26. The van der Waals surface area contributed by atoms with Gasteiger partial charge in [0.15, 0.2) is 11.4 Å². The number of hydrogen-bond donors (Lipinski definition) is 0. The predicted octanol–water partition coefficient (Wildman–Crippen LogP) is 4.18. The topological polar surface area (TPSA) is 74.2 Å². The van der Waals surface area contributed by atoms with E-state index >= 15 is 0 Å². The lowest BCUT2D eigenvalue weighted by Crippen LogP contribution is -1.85. The number of oxazole rings is 1. The third kappa shape index (κ3) is 2.98. The molecule has 2 aromatic heterocycles. The summed E-state index contributed by atoms with van der Waals surface area (Å²) in [5, 5.41) is 4.59. The van der Waals surface area contributed by atoms with E-state index in [1.807, 2.05) is 48.5 Å². The number of ether oxygens (including phenoxy) is 1. The van der Waals surface area contributed by atoms with Crippen LogP contribution in [-0.2, 0) is 5.75 Å². The zero-order valence-electron chi connectivity index (χ0n) is 12.8. The van der Waals surface area contributed by atoms with Gasteiger partial charge in [0, 0.05) is 5.56 Å². The van der Waals surface area contributed by atoms with Crippen LogP contribution in [0.1, 0.15) is 5.82 Å². The van der Waals surface area contributed by atoms with Crippen molar-refractivity contribution >= 4 is 22.9 Å². The summed E-state index contributed by atoms with van der Waals surface area (Å²) in [6.45, 7) is 0. The van der Waals surface area contributed by atoms with E-state index in [4.69, 9.17) is 13.7 Å². The van der Waals surface area contributed by atoms with Crippen molar-refractivity contribution in [3.05, 3.63) is 54.4 Å². The van der Waals surface area contributed by atoms with Crippen LogP contribution in [-0.4, -0.2) is 22.2 Å². The van der Waals surface area contributed by atoms with Crippen molar-refractivity contribution < 1.29 is 13.7 Å². The lowest BCUT2D eigenvalue weighted by Gasteiger charge is -1.98. The van der Waals surface area contributed by atoms with Crippen molar-refractivity contribution in [3.8, 4) is 17.2 Å². The highest BCUT2D eigenvalue weighted by atomic mass is 32.2. The van der Waals surface area contributed by atoms with E-state index in [0.717, 1.165) is 22.4 Å². The molecule has 0 atom stereocenters. The molecule has 6 nitrogen and oxygen atoms in total. The number of aromatic nitrogens is 3. The molecule has 2 aromatic carbocycles. The van der Waals surface area contributed by atoms with Crippen molar-refractivity contribution in [1.29, 1.82) is 0 Å². The smallest absolute Gasteiger partial charge is 0.257 e. The lowest BCUT2D eigenvalue weighted by molar-refractivity contribution is 0.414. The number of fused-ring (bicyclic) bond motifs is 1. The maximum Gasteiger partial charge on any atom is 0.257 e. The molecule has 0 unspecified atom stereocenters. The summed E-state index contributed by atoms with van der Waals surface area (Å²) in [5.41, 5.74) is 2.46. The van der Waals surface area contributed by atoms with Gasteiger partial charge < -0.3 is 13.7 Å². The van der Waals surface area contributed by atoms with Crippen LogP contribution < -0.4 is 4.74 Å². The molecule has 0 fully saturated rings. The fourth-order valence-electron chi connectivity index (χ4n) is 2.20. The minimum atomic E-state index is 0.478. The summed E-state index contributed by atoms with van der Waals surface area (Å²) >= 11 is 1.43. The minimum Gasteiger partial charge on any atom is -0.497 e. The molecule has 0 radical (unpaired) electrons. The number of para-hydroxylation sites is 2. The molecule has 0 saturated carbocycles. The highest BCUT2D eigenvalue weighted by Gasteiger charge is 2.11. The first-order chi connectivity index (χ1) is 11.8. The van der Waals surface area contributed by atoms with E-state index in [1.165, 1.54) is 11.8 Å². The normalized spacial score (nSPS) is 11.0. The molecule has 120 valence electrons. The summed E-state index contributed by atoms with van der Waals surface area (Å²) in [6, 6.07) is 15.1. The second kappa shape index (κ2) is 6.37. The fraction of sp³-hybridized carbons (Fsp3) is 0.118. The molecule has 0 bridgehead atoms. The third-order valence-corrected chi connectivity index (χ3v) is 4.23. The van der Waals surface area contributed by atoms with Gasteiger partial charge in [0.2, 0.25) is 0 Å². The summed E-state index contributed by atoms with van der Waals surface area (Å²) < 4.78 is 16.1. The number of hydrogen-bond acceptors (Lipinski definition) is 7. The standard InChI is InChI=1S/C17H13N3O3S/c1-21-12-8-6-11(7-9-12)16-19-15(20-23-16)10-24-17-18-13-4-2-3-5-14(13)22-17/h2-9H,10H2,1H3. The highest BCUT2D eigenvalue weighted by molar-refractivity contribution is 7.98. The van der Waals surface area contributed by atoms with Crippen molar-refractivity contribution in [3.63, 3.8) is 0 Å². The number of thioether (sulfide) groups is 1. The van der Waals surface area contributed by atoms with E-state index in [0.29, 0.717) is 22.7 Å². The van der Waals surface area contributed by atoms with Gasteiger partial charge in [-0.25, -0.2) is 4.98 Å². The first kappa shape index (κ1) is 14.8. The summed E-state index contributed by atoms with van der Waals surface area (Å²) in [5.74, 6) is 2.37. The van der Waals surface area contributed by atoms with Gasteiger partial charge in [0.05, 0.1) is 12.9 Å². The SMILES string of the molecule is COc1ccc(-c2nc(CSc3nc4ccccc4o3)no2)cc1. The molecule has 0 amide bonds. The molecule has 0 N–H and O–H groups in total. The van der Waals surface area contributed by atoms with Gasteiger partial charge in [-0.05, 0) is 36.4 Å². The molecule has 0 saturated heterocycles. The molecule has 2 heterocycles. The molecule has 7 heteroatoms. The zero-order chi connectivity index (χ0) is 16.4. The van der Waals surface area contributed by atoms with Crippen LogP contribution in [0.4, 0.5) is 0 Å². The Morgan fingerprint density at radius 2 is 1.88 bits per heavy atom. The van der Waals surface area contributed by atoms with Crippen LogP contribution in [0, 0.1) is 0 Å². The Morgan fingerprint density at radius 1 is 1.04 bits per heavy atom. The zero-order valence-corrected chi connectivity index (χ0v) is 13.6. The number of benzene rings is 2. The van der Waals surface area contributed by atoms with Gasteiger partial charge in [-0.15, -0.1) is 0 Å². The highest BCUT2D eigenvalue weighted by Crippen LogP contribution is 2.26. The van der Waals surface area contributed by atoms with Crippen molar-refractivity contribution in [2.75, 3.05) is 7.11 Å². The Kier molecular flexibility index (Phi) is 3.92. The number of methoxy groups -OCH3 is 1. The maximum atomic E-state index is 5.66.